The molecule has 0 radical (unpaired) electrons. The predicted molar refractivity (Wildman–Crippen MR) is 187 cm³/mol. The number of hydrogen-bond acceptors (Lipinski definition) is 9. The molecule has 9 nitrogen and oxygen atoms in total. The normalized spacial score (nSPS) is 18.3. The molecule has 5 rings (SSSR count). The molecule has 266 valence electrons. The van der Waals surface area contributed by atoms with Crippen molar-refractivity contribution < 1.29 is 39.8 Å². The minimum absolute atomic E-state index is 0.0251. The molecule has 2 fully saturated rings. The van der Waals surface area contributed by atoms with Gasteiger partial charge in [0.25, 0.3) is 0 Å². The molecule has 0 spiro atoms. The highest BCUT2D eigenvalue weighted by Gasteiger charge is 2.48. The molecule has 2 aromatic carbocycles. The van der Waals surface area contributed by atoms with Crippen molar-refractivity contribution in [3.8, 4) is 16.9 Å². The third-order valence-electron chi connectivity index (χ3n) is 9.79. The van der Waals surface area contributed by atoms with Crippen LogP contribution in [0.15, 0.2) is 60.9 Å². The molecule has 0 bridgehead atoms. The molecule has 1 heterocycles. The smallest absolute Gasteiger partial charge is 0.133 e. The summed E-state index contributed by atoms with van der Waals surface area (Å²) in [5, 5.41) is 48.7. The van der Waals surface area contributed by atoms with Gasteiger partial charge in [-0.05, 0) is 85.8 Å². The topological polar surface area (TPSA) is 150 Å². The van der Waals surface area contributed by atoms with Crippen LogP contribution in [0.2, 0.25) is 5.02 Å². The van der Waals surface area contributed by atoms with E-state index in [-0.39, 0.29) is 18.6 Å². The lowest BCUT2D eigenvalue weighted by atomic mass is 9.93. The molecule has 3 aromatic rings. The van der Waals surface area contributed by atoms with Crippen LogP contribution in [-0.4, -0.2) is 73.4 Å². The number of carbonyl (C=O) groups excluding carboxylic acids is 1. The maximum absolute atomic E-state index is 12.3. The van der Waals surface area contributed by atoms with Crippen LogP contribution in [-0.2, 0) is 21.7 Å². The largest absolute Gasteiger partial charge is 0.490 e. The number of nitrogens with zero attached hydrogens (tertiary/aromatic N) is 1. The fourth-order valence-corrected chi connectivity index (χ4v) is 6.44. The van der Waals surface area contributed by atoms with Crippen LogP contribution in [0, 0.1) is 0 Å². The number of carbonyl (C=O) groups is 1. The van der Waals surface area contributed by atoms with E-state index >= 15 is 0 Å². The van der Waals surface area contributed by atoms with Crippen molar-refractivity contribution >= 4 is 17.4 Å². The summed E-state index contributed by atoms with van der Waals surface area (Å²) in [6, 6.07) is 16.4. The van der Waals surface area contributed by atoms with Crippen molar-refractivity contribution in [2.24, 2.45) is 0 Å². The van der Waals surface area contributed by atoms with E-state index in [0.29, 0.717) is 30.1 Å². The summed E-state index contributed by atoms with van der Waals surface area (Å²) < 4.78 is 12.9. The Hall–Kier alpha value is -2.89. The molecule has 2 aliphatic carbocycles. The van der Waals surface area contributed by atoms with E-state index in [1.54, 1.807) is 0 Å². The Balaban J connectivity index is 1.09. The third kappa shape index (κ3) is 10.1. The van der Waals surface area contributed by atoms with Gasteiger partial charge in [-0.25, -0.2) is 0 Å². The van der Waals surface area contributed by atoms with Gasteiger partial charge in [0.15, 0.2) is 0 Å². The van der Waals surface area contributed by atoms with Crippen molar-refractivity contribution in [3.63, 3.8) is 0 Å². The number of ether oxygens (including phenoxy) is 2. The van der Waals surface area contributed by atoms with E-state index < -0.39 is 36.6 Å². The van der Waals surface area contributed by atoms with E-state index in [0.717, 1.165) is 79.4 Å². The van der Waals surface area contributed by atoms with Gasteiger partial charge in [-0.3, -0.25) is 9.78 Å². The van der Waals surface area contributed by atoms with E-state index in [4.69, 9.17) is 26.2 Å². The molecule has 0 unspecified atom stereocenters. The van der Waals surface area contributed by atoms with E-state index in [2.05, 4.69) is 36.2 Å². The first-order chi connectivity index (χ1) is 23.6. The van der Waals surface area contributed by atoms with Gasteiger partial charge < -0.3 is 35.0 Å². The second-order valence-corrected chi connectivity index (χ2v) is 14.2. The van der Waals surface area contributed by atoms with Gasteiger partial charge in [-0.1, -0.05) is 61.7 Å². The van der Waals surface area contributed by atoms with Gasteiger partial charge in [0.1, 0.15) is 29.8 Å². The third-order valence-corrected chi connectivity index (χ3v) is 10.2. The Morgan fingerprint density at radius 3 is 2.43 bits per heavy atom. The summed E-state index contributed by atoms with van der Waals surface area (Å²) in [7, 11) is 0. The molecule has 0 saturated heterocycles. The summed E-state index contributed by atoms with van der Waals surface area (Å²) in [6.45, 7) is 1.85. The van der Waals surface area contributed by atoms with Crippen molar-refractivity contribution in [2.45, 2.75) is 126 Å². The maximum Gasteiger partial charge on any atom is 0.133 e. The predicted octanol–water partition coefficient (Wildman–Crippen LogP) is 5.99. The SMILES string of the molecule is C[C@@H](CCCCCC(=O)CC[C@H](O)[C@@H](O)[C@H](O)[C@H](O)CO)c1ccc(Cl)c(COC2(c3cnccc3-c3ccccc3OC3CC3)CC2)c1. The zero-order chi connectivity index (χ0) is 35.0. The molecule has 49 heavy (non-hydrogen) atoms. The standard InChI is InChI=1S/C39H50ClNO8/c1-25(7-3-2-4-8-28(43)12-16-34(44)37(46)38(47)35(45)23-42)26-11-15-33(40)27(21-26)24-48-39(18-19-39)32-22-41-20-17-30(32)31-9-5-6-10-36(31)49-29-13-14-29/h5-6,9-11,15,17,20-22,25,29,34-35,37-38,42,44-47H,2-4,7-8,12-14,16,18-19,23-24H2,1H3/t25-,34-,35+,37+,38+/m0/s1. The lowest BCUT2D eigenvalue weighted by Gasteiger charge is -2.25. The number of ketones is 1. The van der Waals surface area contributed by atoms with Gasteiger partial charge in [0.05, 0.1) is 31.0 Å². The summed E-state index contributed by atoms with van der Waals surface area (Å²) >= 11 is 6.67. The van der Waals surface area contributed by atoms with Crippen LogP contribution in [0.4, 0.5) is 0 Å². The molecule has 0 amide bonds. The van der Waals surface area contributed by atoms with E-state index in [1.165, 1.54) is 5.56 Å². The monoisotopic (exact) mass is 695 g/mol. The second-order valence-electron chi connectivity index (χ2n) is 13.7. The molecule has 2 aliphatic rings. The summed E-state index contributed by atoms with van der Waals surface area (Å²) in [5.74, 6) is 1.17. The Bertz CT molecular complexity index is 1530. The number of benzene rings is 2. The lowest BCUT2D eigenvalue weighted by Crippen LogP contribution is -2.45. The van der Waals surface area contributed by atoms with Crippen LogP contribution in [0.1, 0.15) is 100 Å². The minimum Gasteiger partial charge on any atom is -0.490 e. The Kier molecular flexibility index (Phi) is 13.2. The minimum atomic E-state index is -1.68. The Morgan fingerprint density at radius 1 is 0.939 bits per heavy atom. The highest BCUT2D eigenvalue weighted by Crippen LogP contribution is 2.53. The Labute approximate surface area is 293 Å². The number of pyridine rings is 1. The van der Waals surface area contributed by atoms with Gasteiger partial charge in [0, 0.05) is 41.4 Å². The zero-order valence-electron chi connectivity index (χ0n) is 28.2. The zero-order valence-corrected chi connectivity index (χ0v) is 29.0. The number of rotatable bonds is 21. The summed E-state index contributed by atoms with van der Waals surface area (Å²) in [5.41, 5.74) is 4.96. The maximum atomic E-state index is 12.3. The van der Waals surface area contributed by atoms with Crippen molar-refractivity contribution in [3.05, 3.63) is 82.6 Å². The molecular formula is C39H50ClNO8. The number of para-hydroxylation sites is 1. The molecule has 1 aromatic heterocycles. The average Bonchev–Trinajstić information content (AvgIpc) is 4.07. The summed E-state index contributed by atoms with van der Waals surface area (Å²) in [4.78, 5) is 16.8. The number of aromatic nitrogens is 1. The number of halogens is 1. The van der Waals surface area contributed by atoms with E-state index in [9.17, 15) is 25.2 Å². The molecule has 10 heteroatoms. The van der Waals surface area contributed by atoms with Gasteiger partial charge in [0.2, 0.25) is 0 Å². The van der Waals surface area contributed by atoms with Gasteiger partial charge in [-0.15, -0.1) is 0 Å². The van der Waals surface area contributed by atoms with Crippen molar-refractivity contribution in [2.75, 3.05) is 6.61 Å². The van der Waals surface area contributed by atoms with Crippen LogP contribution < -0.4 is 4.74 Å². The lowest BCUT2D eigenvalue weighted by molar-refractivity contribution is -0.125. The molecule has 5 atom stereocenters. The molecule has 5 N–H and O–H groups in total. The van der Waals surface area contributed by atoms with Crippen LogP contribution in [0.5, 0.6) is 5.75 Å². The molecule has 0 aliphatic heterocycles. The summed E-state index contributed by atoms with van der Waals surface area (Å²) in [6.07, 6.45) is 5.76. The van der Waals surface area contributed by atoms with Crippen molar-refractivity contribution in [1.29, 1.82) is 0 Å². The number of aliphatic hydroxyl groups excluding tert-OH is 5. The van der Waals surface area contributed by atoms with Crippen LogP contribution in [0.3, 0.4) is 0 Å². The van der Waals surface area contributed by atoms with Gasteiger partial charge in [-0.2, -0.15) is 0 Å². The van der Waals surface area contributed by atoms with Crippen LogP contribution in [0.25, 0.3) is 11.1 Å². The highest BCUT2D eigenvalue weighted by molar-refractivity contribution is 6.31. The Morgan fingerprint density at radius 2 is 1.69 bits per heavy atom. The highest BCUT2D eigenvalue weighted by atomic mass is 35.5. The quantitative estimate of drug-likeness (QED) is 0.0848. The van der Waals surface area contributed by atoms with Crippen molar-refractivity contribution in [1.82, 2.24) is 4.98 Å². The van der Waals surface area contributed by atoms with E-state index in [1.807, 2.05) is 36.7 Å². The number of hydrogen-bond donors (Lipinski definition) is 5. The fraction of sp³-hybridized carbons (Fsp3) is 0.538. The van der Waals surface area contributed by atoms with Gasteiger partial charge >= 0.3 is 0 Å². The first-order valence-corrected chi connectivity index (χ1v) is 18.0. The fourth-order valence-electron chi connectivity index (χ4n) is 6.27. The number of Topliss-reactive ketones (excluding diaryl/α,β-unsaturated/α-hetero) is 1. The number of unbranched alkanes of at least 4 members (excludes halogenated alkanes) is 2. The second kappa shape index (κ2) is 17.4. The first-order valence-electron chi connectivity index (χ1n) is 17.6. The average molecular weight is 696 g/mol. The van der Waals surface area contributed by atoms with Crippen LogP contribution >= 0.6 is 11.6 Å². The molecular weight excluding hydrogens is 646 g/mol. The number of aliphatic hydroxyl groups is 5. The molecule has 2 saturated carbocycles. The first kappa shape index (κ1) is 37.4.